The van der Waals surface area contributed by atoms with Gasteiger partial charge in [0.2, 0.25) is 5.82 Å². The number of ether oxygens (including phenoxy) is 1. The lowest BCUT2D eigenvalue weighted by Gasteiger charge is -2.27. The fourth-order valence-electron chi connectivity index (χ4n) is 2.30. The van der Waals surface area contributed by atoms with Crippen LogP contribution in [-0.4, -0.2) is 39.7 Å². The van der Waals surface area contributed by atoms with E-state index in [0.29, 0.717) is 6.61 Å². The first-order valence-electron chi connectivity index (χ1n) is 6.53. The zero-order chi connectivity index (χ0) is 13.7. The van der Waals surface area contributed by atoms with Crippen molar-refractivity contribution in [2.75, 3.05) is 6.61 Å². The molecular weight excluding hydrogens is 248 g/mol. The molecule has 1 aliphatic carbocycles. The van der Waals surface area contributed by atoms with Crippen molar-refractivity contribution in [3.63, 3.8) is 0 Å². The summed E-state index contributed by atoms with van der Waals surface area (Å²) in [6.07, 6.45) is 4.36. The van der Waals surface area contributed by atoms with Crippen molar-refractivity contribution in [1.82, 2.24) is 20.5 Å². The molecule has 0 unspecified atom stereocenters. The summed E-state index contributed by atoms with van der Waals surface area (Å²) in [6.45, 7) is 2.22. The molecule has 0 radical (unpaired) electrons. The molecule has 0 spiro atoms. The minimum Gasteiger partial charge on any atom is -0.466 e. The summed E-state index contributed by atoms with van der Waals surface area (Å²) >= 11 is 0. The van der Waals surface area contributed by atoms with Gasteiger partial charge in [-0.1, -0.05) is 0 Å². The number of hydrogen-bond donors (Lipinski definition) is 2. The molecule has 0 atom stereocenters. The lowest BCUT2D eigenvalue weighted by atomic mass is 9.86. The van der Waals surface area contributed by atoms with E-state index in [2.05, 4.69) is 20.5 Å². The third-order valence-electron chi connectivity index (χ3n) is 3.31. The second-order valence-electron chi connectivity index (χ2n) is 4.61. The molecule has 1 amide bonds. The molecule has 0 bridgehead atoms. The quantitative estimate of drug-likeness (QED) is 0.780. The third-order valence-corrected chi connectivity index (χ3v) is 3.31. The topological polar surface area (TPSA) is 97.0 Å². The highest BCUT2D eigenvalue weighted by molar-refractivity contribution is 5.90. The Hall–Kier alpha value is -1.92. The summed E-state index contributed by atoms with van der Waals surface area (Å²) in [5, 5.41) is 9.04. The minimum absolute atomic E-state index is 0.0293. The van der Waals surface area contributed by atoms with E-state index >= 15 is 0 Å². The number of H-pyrrole nitrogens is 1. The minimum atomic E-state index is -0.253. The number of esters is 1. The number of aromatic amines is 1. The van der Waals surface area contributed by atoms with E-state index in [9.17, 15) is 9.59 Å². The molecule has 7 nitrogen and oxygen atoms in total. The number of nitrogens with one attached hydrogen (secondary N) is 2. The highest BCUT2D eigenvalue weighted by Crippen LogP contribution is 2.25. The molecule has 104 valence electrons. The average molecular weight is 266 g/mol. The number of aromatic nitrogens is 3. The predicted molar refractivity (Wildman–Crippen MR) is 66.2 cm³/mol. The van der Waals surface area contributed by atoms with E-state index in [-0.39, 0.29) is 29.7 Å². The van der Waals surface area contributed by atoms with E-state index in [1.54, 1.807) is 6.92 Å². The van der Waals surface area contributed by atoms with Crippen LogP contribution in [0, 0.1) is 5.92 Å². The number of amides is 1. The van der Waals surface area contributed by atoms with Crippen LogP contribution in [0.2, 0.25) is 0 Å². The summed E-state index contributed by atoms with van der Waals surface area (Å²) in [6, 6.07) is 0.0864. The molecule has 1 heterocycles. The number of rotatable bonds is 4. The van der Waals surface area contributed by atoms with E-state index in [1.165, 1.54) is 6.33 Å². The van der Waals surface area contributed by atoms with Crippen molar-refractivity contribution in [3.8, 4) is 0 Å². The van der Waals surface area contributed by atoms with Crippen LogP contribution in [-0.2, 0) is 9.53 Å². The zero-order valence-corrected chi connectivity index (χ0v) is 10.9. The monoisotopic (exact) mass is 266 g/mol. The number of hydrogen-bond acceptors (Lipinski definition) is 5. The maximum absolute atomic E-state index is 11.8. The lowest BCUT2D eigenvalue weighted by Crippen LogP contribution is -2.39. The molecule has 2 rings (SSSR count). The van der Waals surface area contributed by atoms with Crippen LogP contribution in [0.4, 0.5) is 0 Å². The molecule has 1 aromatic heterocycles. The van der Waals surface area contributed by atoms with Crippen LogP contribution in [0.3, 0.4) is 0 Å². The van der Waals surface area contributed by atoms with Gasteiger partial charge < -0.3 is 10.1 Å². The van der Waals surface area contributed by atoms with Crippen molar-refractivity contribution in [1.29, 1.82) is 0 Å². The number of nitrogens with zero attached hydrogens (tertiary/aromatic N) is 2. The van der Waals surface area contributed by atoms with Crippen molar-refractivity contribution in [2.45, 2.75) is 38.6 Å². The predicted octanol–water partition coefficient (Wildman–Crippen LogP) is 0.656. The summed E-state index contributed by atoms with van der Waals surface area (Å²) in [4.78, 5) is 27.1. The van der Waals surface area contributed by atoms with E-state index in [1.807, 2.05) is 0 Å². The lowest BCUT2D eigenvalue weighted by molar-refractivity contribution is -0.149. The Balaban J connectivity index is 1.77. The fourth-order valence-corrected chi connectivity index (χ4v) is 2.30. The molecule has 1 aliphatic rings. The average Bonchev–Trinajstić information content (AvgIpc) is 2.94. The molecule has 2 N–H and O–H groups in total. The fraction of sp³-hybridized carbons (Fsp3) is 0.667. The van der Waals surface area contributed by atoms with Crippen molar-refractivity contribution < 1.29 is 14.3 Å². The highest BCUT2D eigenvalue weighted by atomic mass is 16.5. The maximum atomic E-state index is 11.8. The van der Waals surface area contributed by atoms with E-state index in [0.717, 1.165) is 25.7 Å². The van der Waals surface area contributed by atoms with Gasteiger partial charge in [-0.2, -0.15) is 5.10 Å². The first-order valence-corrected chi connectivity index (χ1v) is 6.53. The first-order chi connectivity index (χ1) is 9.20. The van der Waals surface area contributed by atoms with Crippen LogP contribution in [0.25, 0.3) is 0 Å². The number of carbonyl (C=O) groups excluding carboxylic acids is 2. The molecule has 0 aromatic carbocycles. The molecule has 0 aliphatic heterocycles. The molecule has 1 fully saturated rings. The molecule has 1 aromatic rings. The van der Waals surface area contributed by atoms with Gasteiger partial charge in [-0.3, -0.25) is 14.7 Å². The first kappa shape index (κ1) is 13.5. The molecular formula is C12H18N4O3. The molecule has 0 saturated heterocycles. The van der Waals surface area contributed by atoms with Gasteiger partial charge in [0.05, 0.1) is 12.5 Å². The van der Waals surface area contributed by atoms with Gasteiger partial charge in [0.25, 0.3) is 5.91 Å². The zero-order valence-electron chi connectivity index (χ0n) is 10.9. The Morgan fingerprint density at radius 2 is 2.16 bits per heavy atom. The summed E-state index contributed by atoms with van der Waals surface area (Å²) in [5.41, 5.74) is 0. The van der Waals surface area contributed by atoms with Crippen molar-refractivity contribution >= 4 is 11.9 Å². The number of carbonyl (C=O) groups is 2. The Morgan fingerprint density at radius 3 is 2.74 bits per heavy atom. The third kappa shape index (κ3) is 3.52. The van der Waals surface area contributed by atoms with Crippen LogP contribution >= 0.6 is 0 Å². The normalized spacial score (nSPS) is 22.8. The largest absolute Gasteiger partial charge is 0.466 e. The van der Waals surface area contributed by atoms with Gasteiger partial charge in [-0.15, -0.1) is 0 Å². The van der Waals surface area contributed by atoms with Crippen LogP contribution < -0.4 is 5.32 Å². The van der Waals surface area contributed by atoms with E-state index in [4.69, 9.17) is 4.74 Å². The van der Waals surface area contributed by atoms with Gasteiger partial charge in [0.15, 0.2) is 0 Å². The molecule has 19 heavy (non-hydrogen) atoms. The van der Waals surface area contributed by atoms with Gasteiger partial charge in [0, 0.05) is 6.04 Å². The summed E-state index contributed by atoms with van der Waals surface area (Å²) < 4.78 is 5.01. The van der Waals surface area contributed by atoms with Gasteiger partial charge in [-0.25, -0.2) is 4.98 Å². The second kappa shape index (κ2) is 6.31. The van der Waals surface area contributed by atoms with Gasteiger partial charge >= 0.3 is 5.97 Å². The summed E-state index contributed by atoms with van der Waals surface area (Å²) in [7, 11) is 0. The standard InChI is InChI=1S/C12H18N4O3/c1-2-19-12(18)8-3-5-9(6-4-8)15-11(17)10-13-7-14-16-10/h7-9H,2-6H2,1H3,(H,15,17)(H,13,14,16). The van der Waals surface area contributed by atoms with Crippen LogP contribution in [0.5, 0.6) is 0 Å². The second-order valence-corrected chi connectivity index (χ2v) is 4.61. The Morgan fingerprint density at radius 1 is 1.42 bits per heavy atom. The summed E-state index contributed by atoms with van der Waals surface area (Å²) in [5.74, 6) is -0.189. The molecule has 7 heteroatoms. The SMILES string of the molecule is CCOC(=O)C1CCC(NC(=O)c2ncn[nH]2)CC1. The van der Waals surface area contributed by atoms with E-state index < -0.39 is 0 Å². The molecule has 1 saturated carbocycles. The van der Waals surface area contributed by atoms with Crippen LogP contribution in [0.15, 0.2) is 6.33 Å². The Bertz CT molecular complexity index is 424. The maximum Gasteiger partial charge on any atom is 0.308 e. The Kier molecular flexibility index (Phi) is 4.48. The van der Waals surface area contributed by atoms with Crippen molar-refractivity contribution in [3.05, 3.63) is 12.2 Å². The van der Waals surface area contributed by atoms with Crippen LogP contribution in [0.1, 0.15) is 43.2 Å². The van der Waals surface area contributed by atoms with Gasteiger partial charge in [-0.05, 0) is 32.6 Å². The smallest absolute Gasteiger partial charge is 0.308 e. The highest BCUT2D eigenvalue weighted by Gasteiger charge is 2.28. The van der Waals surface area contributed by atoms with Gasteiger partial charge in [0.1, 0.15) is 6.33 Å². The van der Waals surface area contributed by atoms with Crippen molar-refractivity contribution in [2.24, 2.45) is 5.92 Å². The Labute approximate surface area is 111 Å².